The molecule has 1 aromatic rings. The van der Waals surface area contributed by atoms with Crippen molar-refractivity contribution in [2.24, 2.45) is 4.99 Å². The van der Waals surface area contributed by atoms with E-state index in [1.807, 2.05) is 23.9 Å². The summed E-state index contributed by atoms with van der Waals surface area (Å²) in [4.78, 5) is 16.3. The number of benzene rings is 1. The lowest BCUT2D eigenvalue weighted by Gasteiger charge is -2.17. The summed E-state index contributed by atoms with van der Waals surface area (Å²) < 4.78 is 0.964. The third-order valence-electron chi connectivity index (χ3n) is 4.09. The van der Waals surface area contributed by atoms with Gasteiger partial charge in [-0.15, -0.1) is 0 Å². The van der Waals surface area contributed by atoms with Gasteiger partial charge in [-0.3, -0.25) is 9.79 Å². The molecule has 1 aliphatic rings. The smallest absolute Gasteiger partial charge is 0.251 e. The van der Waals surface area contributed by atoms with Gasteiger partial charge in [0.1, 0.15) is 0 Å². The summed E-state index contributed by atoms with van der Waals surface area (Å²) in [6.07, 6.45) is 5.81. The monoisotopic (exact) mass is 412 g/mol. The van der Waals surface area contributed by atoms with Crippen molar-refractivity contribution in [3.8, 4) is 0 Å². The Morgan fingerprint density at radius 2 is 1.96 bits per heavy atom. The summed E-state index contributed by atoms with van der Waals surface area (Å²) in [6, 6.07) is 7.82. The predicted octanol–water partition coefficient (Wildman–Crippen LogP) is 2.63. The lowest BCUT2D eigenvalue weighted by molar-refractivity contribution is 0.0954. The van der Waals surface area contributed by atoms with E-state index in [0.29, 0.717) is 24.7 Å². The number of nitrogens with one attached hydrogen (secondary N) is 3. The maximum atomic E-state index is 12.0. The van der Waals surface area contributed by atoms with Crippen molar-refractivity contribution < 1.29 is 4.79 Å². The molecule has 1 amide bonds. The van der Waals surface area contributed by atoms with Crippen LogP contribution in [0.4, 0.5) is 0 Å². The predicted molar refractivity (Wildman–Crippen MR) is 106 cm³/mol. The molecule has 0 aromatic heterocycles. The van der Waals surface area contributed by atoms with E-state index < -0.39 is 0 Å². The van der Waals surface area contributed by atoms with Gasteiger partial charge in [-0.1, -0.05) is 15.9 Å². The molecular formula is C17H25BrN4OS. The third-order valence-corrected chi connectivity index (χ3v) is 5.72. The number of carbonyl (C=O) groups excluding carboxylic acids is 1. The van der Waals surface area contributed by atoms with E-state index >= 15 is 0 Å². The zero-order chi connectivity index (χ0) is 17.4. The molecule has 1 saturated carbocycles. The molecule has 0 bridgehead atoms. The topological polar surface area (TPSA) is 65.5 Å². The summed E-state index contributed by atoms with van der Waals surface area (Å²) in [5.41, 5.74) is 0.662. The van der Waals surface area contributed by atoms with Gasteiger partial charge in [0.25, 0.3) is 5.91 Å². The molecule has 2 unspecified atom stereocenters. The minimum atomic E-state index is -0.0640. The molecule has 2 atom stereocenters. The second-order valence-corrected chi connectivity index (χ2v) is 7.83. The molecule has 1 fully saturated rings. The minimum Gasteiger partial charge on any atom is -0.355 e. The van der Waals surface area contributed by atoms with Crippen molar-refractivity contribution in [1.29, 1.82) is 0 Å². The summed E-state index contributed by atoms with van der Waals surface area (Å²) in [7, 11) is 1.77. The van der Waals surface area contributed by atoms with Gasteiger partial charge in [-0.25, -0.2) is 0 Å². The lowest BCUT2D eigenvalue weighted by Crippen LogP contribution is -2.45. The van der Waals surface area contributed by atoms with Gasteiger partial charge in [-0.2, -0.15) is 11.8 Å². The summed E-state index contributed by atoms with van der Waals surface area (Å²) in [5.74, 6) is 0.741. The van der Waals surface area contributed by atoms with E-state index in [0.717, 1.165) is 15.7 Å². The van der Waals surface area contributed by atoms with Crippen LogP contribution in [0.2, 0.25) is 0 Å². The second-order valence-electron chi connectivity index (χ2n) is 5.77. The van der Waals surface area contributed by atoms with Gasteiger partial charge in [0.15, 0.2) is 5.96 Å². The van der Waals surface area contributed by atoms with E-state index in [2.05, 4.69) is 43.1 Å². The summed E-state index contributed by atoms with van der Waals surface area (Å²) in [5, 5.41) is 10.4. The highest BCUT2D eigenvalue weighted by Crippen LogP contribution is 2.27. The van der Waals surface area contributed by atoms with Gasteiger partial charge >= 0.3 is 0 Å². The number of aliphatic imine (C=N–C) groups is 1. The Balaban J connectivity index is 1.67. The lowest BCUT2D eigenvalue weighted by atomic mass is 10.2. The van der Waals surface area contributed by atoms with Crippen molar-refractivity contribution in [2.45, 2.75) is 30.6 Å². The number of thioether (sulfide) groups is 1. The molecule has 0 saturated heterocycles. The number of hydrogen-bond acceptors (Lipinski definition) is 3. The Morgan fingerprint density at radius 1 is 1.25 bits per heavy atom. The molecule has 5 nitrogen and oxygen atoms in total. The van der Waals surface area contributed by atoms with Gasteiger partial charge < -0.3 is 16.0 Å². The Kier molecular flexibility index (Phi) is 7.91. The molecule has 132 valence electrons. The molecule has 0 aliphatic heterocycles. The van der Waals surface area contributed by atoms with Crippen LogP contribution < -0.4 is 16.0 Å². The number of amides is 1. The molecule has 7 heteroatoms. The van der Waals surface area contributed by atoms with E-state index in [1.54, 1.807) is 19.2 Å². The Labute approximate surface area is 156 Å². The largest absolute Gasteiger partial charge is 0.355 e. The summed E-state index contributed by atoms with van der Waals surface area (Å²) >= 11 is 5.31. The van der Waals surface area contributed by atoms with Crippen LogP contribution >= 0.6 is 27.7 Å². The number of halogens is 1. The van der Waals surface area contributed by atoms with Crippen molar-refractivity contribution in [1.82, 2.24) is 16.0 Å². The minimum absolute atomic E-state index is 0.0640. The first-order valence-corrected chi connectivity index (χ1v) is 10.2. The summed E-state index contributed by atoms with van der Waals surface area (Å²) in [6.45, 7) is 1.19. The average molecular weight is 413 g/mol. The van der Waals surface area contributed by atoms with Crippen molar-refractivity contribution in [3.63, 3.8) is 0 Å². The fourth-order valence-corrected chi connectivity index (χ4v) is 3.79. The first-order valence-electron chi connectivity index (χ1n) is 8.16. The van der Waals surface area contributed by atoms with E-state index in [-0.39, 0.29) is 5.91 Å². The van der Waals surface area contributed by atoms with Crippen molar-refractivity contribution in [2.75, 3.05) is 26.4 Å². The van der Waals surface area contributed by atoms with Gasteiger partial charge in [0.2, 0.25) is 0 Å². The van der Waals surface area contributed by atoms with E-state index in [1.165, 1.54) is 19.3 Å². The molecule has 2 rings (SSSR count). The molecule has 0 heterocycles. The van der Waals surface area contributed by atoms with Crippen LogP contribution in [0.5, 0.6) is 0 Å². The SMILES string of the molecule is CN=C(NCCNC(=O)c1ccc(Br)cc1)NC1CCC(SC)C1. The van der Waals surface area contributed by atoms with Gasteiger partial charge in [0.05, 0.1) is 0 Å². The first kappa shape index (κ1) is 19.1. The van der Waals surface area contributed by atoms with Gasteiger partial charge in [0, 0.05) is 41.5 Å². The third kappa shape index (κ3) is 6.02. The Hall–Kier alpha value is -1.21. The fraction of sp³-hybridized carbons (Fsp3) is 0.529. The standard InChI is InChI=1S/C17H25BrN4OS/c1-19-17(22-14-7-8-15(11-14)24-2)21-10-9-20-16(23)12-3-5-13(18)6-4-12/h3-6,14-15H,7-11H2,1-2H3,(H,20,23)(H2,19,21,22). The highest BCUT2D eigenvalue weighted by Gasteiger charge is 2.24. The molecule has 1 aromatic carbocycles. The number of hydrogen-bond donors (Lipinski definition) is 3. The quantitative estimate of drug-likeness (QED) is 0.381. The van der Waals surface area contributed by atoms with Crippen LogP contribution in [-0.2, 0) is 0 Å². The fourth-order valence-electron chi connectivity index (χ4n) is 2.73. The molecule has 24 heavy (non-hydrogen) atoms. The van der Waals surface area contributed by atoms with Crippen molar-refractivity contribution >= 4 is 39.6 Å². The van der Waals surface area contributed by atoms with Crippen LogP contribution in [0.1, 0.15) is 29.6 Å². The zero-order valence-electron chi connectivity index (χ0n) is 14.1. The number of rotatable bonds is 6. The number of carbonyl (C=O) groups is 1. The van der Waals surface area contributed by atoms with Crippen LogP contribution in [-0.4, -0.2) is 49.6 Å². The number of guanidine groups is 1. The molecule has 0 radical (unpaired) electrons. The highest BCUT2D eigenvalue weighted by atomic mass is 79.9. The van der Waals surface area contributed by atoms with Crippen LogP contribution in [0.15, 0.2) is 33.7 Å². The second kappa shape index (κ2) is 9.93. The van der Waals surface area contributed by atoms with E-state index in [9.17, 15) is 4.79 Å². The maximum Gasteiger partial charge on any atom is 0.251 e. The van der Waals surface area contributed by atoms with Gasteiger partial charge in [-0.05, 0) is 49.8 Å². The molecule has 0 spiro atoms. The number of nitrogens with zero attached hydrogens (tertiary/aromatic N) is 1. The Morgan fingerprint density at radius 3 is 2.58 bits per heavy atom. The molecule has 1 aliphatic carbocycles. The van der Waals surface area contributed by atoms with Crippen LogP contribution in [0.3, 0.4) is 0 Å². The normalized spacial score (nSPS) is 20.7. The van der Waals surface area contributed by atoms with E-state index in [4.69, 9.17) is 0 Å². The Bertz CT molecular complexity index is 564. The van der Waals surface area contributed by atoms with Crippen LogP contribution in [0, 0.1) is 0 Å². The van der Waals surface area contributed by atoms with Crippen LogP contribution in [0.25, 0.3) is 0 Å². The average Bonchev–Trinajstić information content (AvgIpc) is 3.05. The zero-order valence-corrected chi connectivity index (χ0v) is 16.5. The first-order chi connectivity index (χ1) is 11.6. The maximum absolute atomic E-state index is 12.0. The highest BCUT2D eigenvalue weighted by molar-refractivity contribution is 9.10. The molecular weight excluding hydrogens is 388 g/mol. The molecule has 3 N–H and O–H groups in total. The van der Waals surface area contributed by atoms with Crippen molar-refractivity contribution in [3.05, 3.63) is 34.3 Å².